The van der Waals surface area contributed by atoms with Crippen molar-refractivity contribution in [2.24, 2.45) is 0 Å². The molecule has 2 N–H and O–H groups in total. The molecule has 0 bridgehead atoms. The van der Waals surface area contributed by atoms with Crippen molar-refractivity contribution in [3.8, 4) is 0 Å². The molecule has 7 nitrogen and oxygen atoms in total. The molecule has 0 aliphatic carbocycles. The molecule has 0 saturated carbocycles. The van der Waals surface area contributed by atoms with Crippen molar-refractivity contribution in [3.05, 3.63) is 29.3 Å². The molecule has 0 aliphatic heterocycles. The Morgan fingerprint density at radius 3 is 1.76 bits per heavy atom. The summed E-state index contributed by atoms with van der Waals surface area (Å²) in [6.07, 6.45) is 0. The fourth-order valence-electron chi connectivity index (χ4n) is 1.09. The third-order valence-corrected chi connectivity index (χ3v) is 3.16. The maximum Gasteiger partial charge on any atom is 0.335 e. The Balaban J connectivity index is 3.53. The molecule has 0 amide bonds. The molecule has 92 valence electrons. The highest BCUT2D eigenvalue weighted by atomic mass is 32.2. The van der Waals surface area contributed by atoms with E-state index in [1.165, 1.54) is 0 Å². The van der Waals surface area contributed by atoms with Crippen LogP contribution in [0, 0.1) is 0 Å². The molecule has 17 heavy (non-hydrogen) atoms. The van der Waals surface area contributed by atoms with Crippen molar-refractivity contribution in [3.63, 3.8) is 0 Å². The first kappa shape index (κ1) is 13.1. The van der Waals surface area contributed by atoms with Gasteiger partial charge in [-0.3, -0.25) is 4.18 Å². The smallest absolute Gasteiger partial charge is 0.335 e. The standard InChI is InChI=1S/C9H8O7S/c1-16-17(14,15)7-3-5(8(10)11)2-6(4-7)9(12)13/h2-4H,1H3,(H,10,11)(H,12,13). The summed E-state index contributed by atoms with van der Waals surface area (Å²) < 4.78 is 26.9. The molecule has 0 unspecified atom stereocenters. The zero-order chi connectivity index (χ0) is 13.2. The molecule has 0 atom stereocenters. The Hall–Kier alpha value is -1.93. The van der Waals surface area contributed by atoms with Gasteiger partial charge in [-0.1, -0.05) is 0 Å². The zero-order valence-electron chi connectivity index (χ0n) is 8.58. The third-order valence-electron chi connectivity index (χ3n) is 1.91. The molecule has 0 aromatic heterocycles. The van der Waals surface area contributed by atoms with Gasteiger partial charge in [0.15, 0.2) is 0 Å². The van der Waals surface area contributed by atoms with Gasteiger partial charge in [0.05, 0.1) is 23.1 Å². The van der Waals surface area contributed by atoms with Gasteiger partial charge in [0.25, 0.3) is 10.1 Å². The van der Waals surface area contributed by atoms with Crippen molar-refractivity contribution >= 4 is 22.1 Å². The molecule has 0 heterocycles. The van der Waals surface area contributed by atoms with E-state index >= 15 is 0 Å². The summed E-state index contributed by atoms with van der Waals surface area (Å²) in [5.41, 5.74) is -0.888. The Labute approximate surface area is 96.4 Å². The van der Waals surface area contributed by atoms with Crippen LogP contribution in [0.1, 0.15) is 20.7 Å². The van der Waals surface area contributed by atoms with E-state index in [1.54, 1.807) is 0 Å². The van der Waals surface area contributed by atoms with Crippen LogP contribution < -0.4 is 0 Å². The second-order valence-corrected chi connectivity index (χ2v) is 4.69. The molecule has 0 spiro atoms. The van der Waals surface area contributed by atoms with Crippen LogP contribution in [0.15, 0.2) is 23.1 Å². The maximum atomic E-state index is 11.3. The number of benzene rings is 1. The number of rotatable bonds is 4. The lowest BCUT2D eigenvalue weighted by Gasteiger charge is -2.04. The van der Waals surface area contributed by atoms with Crippen molar-refractivity contribution in [2.45, 2.75) is 4.90 Å². The number of aromatic carboxylic acids is 2. The maximum absolute atomic E-state index is 11.3. The summed E-state index contributed by atoms with van der Waals surface area (Å²) >= 11 is 0. The van der Waals surface area contributed by atoms with Crippen molar-refractivity contribution < 1.29 is 32.4 Å². The molecule has 1 rings (SSSR count). The fourth-order valence-corrected chi connectivity index (χ4v) is 1.82. The minimum Gasteiger partial charge on any atom is -0.478 e. The average molecular weight is 260 g/mol. The summed E-state index contributed by atoms with van der Waals surface area (Å²) in [7, 11) is -3.24. The van der Waals surface area contributed by atoms with Gasteiger partial charge in [-0.25, -0.2) is 9.59 Å². The lowest BCUT2D eigenvalue weighted by atomic mass is 10.1. The van der Waals surface area contributed by atoms with E-state index in [4.69, 9.17) is 10.2 Å². The van der Waals surface area contributed by atoms with Crippen LogP contribution in [0.4, 0.5) is 0 Å². The van der Waals surface area contributed by atoms with E-state index in [0.717, 1.165) is 25.3 Å². The molecular formula is C9H8O7S. The number of hydrogen-bond donors (Lipinski definition) is 2. The first-order valence-electron chi connectivity index (χ1n) is 4.20. The molecule has 0 saturated heterocycles. The number of hydrogen-bond acceptors (Lipinski definition) is 5. The highest BCUT2D eigenvalue weighted by molar-refractivity contribution is 7.86. The SMILES string of the molecule is COS(=O)(=O)c1cc(C(=O)O)cc(C(=O)O)c1. The van der Waals surface area contributed by atoms with Gasteiger partial charge in [-0.05, 0) is 18.2 Å². The number of carbonyl (C=O) groups is 2. The number of carboxylic acid groups (broad SMARTS) is 2. The predicted molar refractivity (Wildman–Crippen MR) is 54.6 cm³/mol. The first-order chi connectivity index (χ1) is 7.77. The molecule has 0 radical (unpaired) electrons. The Bertz CT molecular complexity index is 541. The monoisotopic (exact) mass is 260 g/mol. The lowest BCUT2D eigenvalue weighted by Crippen LogP contribution is -2.09. The van der Waals surface area contributed by atoms with Crippen molar-refractivity contribution in [1.82, 2.24) is 0 Å². The van der Waals surface area contributed by atoms with Gasteiger partial charge >= 0.3 is 11.9 Å². The Morgan fingerprint density at radius 2 is 1.47 bits per heavy atom. The number of carboxylic acids is 2. The molecular weight excluding hydrogens is 252 g/mol. The molecule has 8 heteroatoms. The van der Waals surface area contributed by atoms with Gasteiger partial charge in [0.2, 0.25) is 0 Å². The van der Waals surface area contributed by atoms with Gasteiger partial charge in [-0.15, -0.1) is 0 Å². The van der Waals surface area contributed by atoms with Gasteiger partial charge in [0, 0.05) is 0 Å². The minimum atomic E-state index is -4.14. The minimum absolute atomic E-state index is 0.444. The summed E-state index contributed by atoms with van der Waals surface area (Å²) in [5, 5.41) is 17.5. The molecule has 1 aromatic rings. The second kappa shape index (κ2) is 4.52. The zero-order valence-corrected chi connectivity index (χ0v) is 9.39. The van der Waals surface area contributed by atoms with Gasteiger partial charge < -0.3 is 10.2 Å². The normalized spacial score (nSPS) is 11.1. The second-order valence-electron chi connectivity index (χ2n) is 2.98. The van der Waals surface area contributed by atoms with E-state index in [1.807, 2.05) is 0 Å². The predicted octanol–water partition coefficient (Wildman–Crippen LogP) is 0.418. The molecule has 1 aromatic carbocycles. The van der Waals surface area contributed by atoms with Crippen LogP contribution in [-0.2, 0) is 14.3 Å². The van der Waals surface area contributed by atoms with E-state index in [9.17, 15) is 18.0 Å². The largest absolute Gasteiger partial charge is 0.478 e. The molecule has 0 fully saturated rings. The van der Waals surface area contributed by atoms with E-state index in [-0.39, 0.29) is 0 Å². The van der Waals surface area contributed by atoms with Crippen LogP contribution in [0.3, 0.4) is 0 Å². The molecule has 0 aliphatic rings. The van der Waals surface area contributed by atoms with Crippen molar-refractivity contribution in [2.75, 3.05) is 7.11 Å². The van der Waals surface area contributed by atoms with Crippen LogP contribution >= 0.6 is 0 Å². The third kappa shape index (κ3) is 2.80. The van der Waals surface area contributed by atoms with E-state index < -0.39 is 38.1 Å². The fraction of sp³-hybridized carbons (Fsp3) is 0.111. The summed E-state index contributed by atoms with van der Waals surface area (Å²) in [6, 6.07) is 2.51. The van der Waals surface area contributed by atoms with E-state index in [0.29, 0.717) is 0 Å². The van der Waals surface area contributed by atoms with Crippen LogP contribution in [0.5, 0.6) is 0 Å². The summed E-state index contributed by atoms with van der Waals surface area (Å²) in [4.78, 5) is 20.9. The average Bonchev–Trinajstić information content (AvgIpc) is 2.28. The highest BCUT2D eigenvalue weighted by Crippen LogP contribution is 2.17. The quantitative estimate of drug-likeness (QED) is 0.753. The van der Waals surface area contributed by atoms with Crippen LogP contribution in [-0.4, -0.2) is 37.7 Å². The summed E-state index contributed by atoms with van der Waals surface area (Å²) in [5.74, 6) is -2.86. The van der Waals surface area contributed by atoms with Crippen LogP contribution in [0.25, 0.3) is 0 Å². The van der Waals surface area contributed by atoms with Crippen molar-refractivity contribution in [1.29, 1.82) is 0 Å². The van der Waals surface area contributed by atoms with Crippen LogP contribution in [0.2, 0.25) is 0 Å². The summed E-state index contributed by atoms with van der Waals surface area (Å²) in [6.45, 7) is 0. The van der Waals surface area contributed by atoms with Gasteiger partial charge in [0.1, 0.15) is 0 Å². The van der Waals surface area contributed by atoms with Gasteiger partial charge in [-0.2, -0.15) is 8.42 Å². The first-order valence-corrected chi connectivity index (χ1v) is 5.61. The Morgan fingerprint density at radius 1 is 1.06 bits per heavy atom. The van der Waals surface area contributed by atoms with E-state index in [2.05, 4.69) is 4.18 Å². The lowest BCUT2D eigenvalue weighted by molar-refractivity contribution is 0.0696. The Kier molecular flexibility index (Phi) is 3.49. The topological polar surface area (TPSA) is 118 Å². The highest BCUT2D eigenvalue weighted by Gasteiger charge is 2.19.